The van der Waals surface area contributed by atoms with Gasteiger partial charge in [-0.3, -0.25) is 9.59 Å². The van der Waals surface area contributed by atoms with E-state index in [-0.39, 0.29) is 17.9 Å². The van der Waals surface area contributed by atoms with Gasteiger partial charge in [0.1, 0.15) is 6.04 Å². The minimum atomic E-state index is -4.44. The van der Waals surface area contributed by atoms with Gasteiger partial charge >= 0.3 is 6.18 Å². The Morgan fingerprint density at radius 2 is 1.95 bits per heavy atom. The molecule has 1 atom stereocenters. The average molecular weight is 316 g/mol. The Bertz CT molecular complexity index is 530. The molecule has 2 amide bonds. The largest absolute Gasteiger partial charge is 0.416 e. The normalized spacial score (nSPS) is 12.6. The molecule has 0 fully saturated rings. The number of hydrogen-bond donors (Lipinski definition) is 2. The Labute approximate surface area is 127 Å². The second-order valence-corrected chi connectivity index (χ2v) is 4.96. The zero-order chi connectivity index (χ0) is 16.8. The van der Waals surface area contributed by atoms with Crippen LogP contribution in [0.4, 0.5) is 13.2 Å². The SMILES string of the molecule is CCCNC(=O)[C@H](C)NC(=O)Cc1cccc(C(F)(F)F)c1. The van der Waals surface area contributed by atoms with E-state index in [1.54, 1.807) is 0 Å². The molecule has 0 heterocycles. The number of rotatable bonds is 6. The van der Waals surface area contributed by atoms with E-state index in [1.165, 1.54) is 19.1 Å². The number of carbonyl (C=O) groups is 2. The number of benzene rings is 1. The molecule has 22 heavy (non-hydrogen) atoms. The fraction of sp³-hybridized carbons (Fsp3) is 0.467. The van der Waals surface area contributed by atoms with Crippen LogP contribution in [-0.4, -0.2) is 24.4 Å². The Morgan fingerprint density at radius 1 is 1.27 bits per heavy atom. The van der Waals surface area contributed by atoms with E-state index in [4.69, 9.17) is 0 Å². The van der Waals surface area contributed by atoms with Crippen LogP contribution in [0, 0.1) is 0 Å². The number of halogens is 3. The second-order valence-electron chi connectivity index (χ2n) is 4.96. The van der Waals surface area contributed by atoms with Crippen LogP contribution in [0.2, 0.25) is 0 Å². The van der Waals surface area contributed by atoms with Crippen molar-refractivity contribution in [3.8, 4) is 0 Å². The highest BCUT2D eigenvalue weighted by Gasteiger charge is 2.30. The van der Waals surface area contributed by atoms with E-state index in [2.05, 4.69) is 10.6 Å². The van der Waals surface area contributed by atoms with Crippen molar-refractivity contribution in [2.75, 3.05) is 6.54 Å². The lowest BCUT2D eigenvalue weighted by atomic mass is 10.1. The fourth-order valence-electron chi connectivity index (χ4n) is 1.80. The summed E-state index contributed by atoms with van der Waals surface area (Å²) < 4.78 is 37.8. The summed E-state index contributed by atoms with van der Waals surface area (Å²) >= 11 is 0. The fourth-order valence-corrected chi connectivity index (χ4v) is 1.80. The van der Waals surface area contributed by atoms with E-state index in [0.717, 1.165) is 18.6 Å². The number of hydrogen-bond acceptors (Lipinski definition) is 2. The molecular formula is C15H19F3N2O2. The van der Waals surface area contributed by atoms with Crippen LogP contribution in [-0.2, 0) is 22.2 Å². The maximum Gasteiger partial charge on any atom is 0.416 e. The van der Waals surface area contributed by atoms with Crippen molar-refractivity contribution in [3.63, 3.8) is 0 Å². The maximum absolute atomic E-state index is 12.6. The summed E-state index contributed by atoms with van der Waals surface area (Å²) in [6, 6.07) is 3.84. The van der Waals surface area contributed by atoms with Crippen molar-refractivity contribution in [1.29, 1.82) is 0 Å². The minimum Gasteiger partial charge on any atom is -0.354 e. The van der Waals surface area contributed by atoms with Crippen molar-refractivity contribution in [1.82, 2.24) is 10.6 Å². The first-order chi connectivity index (χ1) is 10.2. The number of nitrogens with one attached hydrogen (secondary N) is 2. The molecule has 2 N–H and O–H groups in total. The summed E-state index contributed by atoms with van der Waals surface area (Å²) in [6.07, 6.45) is -3.88. The molecule has 0 radical (unpaired) electrons. The van der Waals surface area contributed by atoms with E-state index in [0.29, 0.717) is 6.54 Å². The Kier molecular flexibility index (Phi) is 6.39. The first-order valence-electron chi connectivity index (χ1n) is 6.97. The summed E-state index contributed by atoms with van der Waals surface area (Å²) in [5.41, 5.74) is -0.556. The molecular weight excluding hydrogens is 297 g/mol. The molecule has 0 aliphatic heterocycles. The van der Waals surface area contributed by atoms with Gasteiger partial charge in [0.15, 0.2) is 0 Å². The van der Waals surface area contributed by atoms with Gasteiger partial charge in [-0.25, -0.2) is 0 Å². The van der Waals surface area contributed by atoms with Gasteiger partial charge in [-0.2, -0.15) is 13.2 Å². The number of alkyl halides is 3. The van der Waals surface area contributed by atoms with Gasteiger partial charge in [-0.15, -0.1) is 0 Å². The van der Waals surface area contributed by atoms with Crippen LogP contribution in [0.25, 0.3) is 0 Å². The highest BCUT2D eigenvalue weighted by atomic mass is 19.4. The number of amides is 2. The van der Waals surface area contributed by atoms with Crippen LogP contribution in [0.1, 0.15) is 31.4 Å². The van der Waals surface area contributed by atoms with Gasteiger partial charge < -0.3 is 10.6 Å². The quantitative estimate of drug-likeness (QED) is 0.846. The smallest absolute Gasteiger partial charge is 0.354 e. The van der Waals surface area contributed by atoms with Crippen molar-refractivity contribution < 1.29 is 22.8 Å². The first kappa shape index (κ1) is 18.0. The summed E-state index contributed by atoms with van der Waals surface area (Å²) in [5, 5.41) is 5.09. The highest BCUT2D eigenvalue weighted by Crippen LogP contribution is 2.29. The van der Waals surface area contributed by atoms with Crippen LogP contribution in [0.3, 0.4) is 0 Å². The molecule has 0 aliphatic carbocycles. The number of carbonyl (C=O) groups excluding carboxylic acids is 2. The minimum absolute atomic E-state index is 0.213. The van der Waals surface area contributed by atoms with Crippen molar-refractivity contribution in [2.45, 2.75) is 38.9 Å². The van der Waals surface area contributed by atoms with Gasteiger partial charge in [0.25, 0.3) is 0 Å². The zero-order valence-corrected chi connectivity index (χ0v) is 12.5. The molecule has 0 saturated carbocycles. The van der Waals surface area contributed by atoms with Crippen LogP contribution >= 0.6 is 0 Å². The molecule has 0 saturated heterocycles. The lowest BCUT2D eigenvalue weighted by molar-refractivity contribution is -0.137. The summed E-state index contributed by atoms with van der Waals surface area (Å²) in [5.74, 6) is -0.822. The van der Waals surface area contributed by atoms with Gasteiger partial charge in [0, 0.05) is 6.54 Å². The van der Waals surface area contributed by atoms with E-state index < -0.39 is 23.7 Å². The molecule has 0 aromatic heterocycles. The highest BCUT2D eigenvalue weighted by molar-refractivity contribution is 5.88. The summed E-state index contributed by atoms with van der Waals surface area (Å²) in [7, 11) is 0. The lowest BCUT2D eigenvalue weighted by Gasteiger charge is -2.14. The standard InChI is InChI=1S/C15H19F3N2O2/c1-3-7-19-14(22)10(2)20-13(21)9-11-5-4-6-12(8-11)15(16,17)18/h4-6,8,10H,3,7,9H2,1-2H3,(H,19,22)(H,20,21)/t10-/m0/s1. The topological polar surface area (TPSA) is 58.2 Å². The second kappa shape index (κ2) is 7.82. The van der Waals surface area contributed by atoms with E-state index in [9.17, 15) is 22.8 Å². The van der Waals surface area contributed by atoms with Gasteiger partial charge in [0.05, 0.1) is 12.0 Å². The molecule has 0 spiro atoms. The summed E-state index contributed by atoms with van der Waals surface area (Å²) in [4.78, 5) is 23.4. The third kappa shape index (κ3) is 5.75. The monoisotopic (exact) mass is 316 g/mol. The average Bonchev–Trinajstić information content (AvgIpc) is 2.43. The molecule has 0 aliphatic rings. The van der Waals surface area contributed by atoms with Crippen molar-refractivity contribution >= 4 is 11.8 Å². The van der Waals surface area contributed by atoms with Gasteiger partial charge in [-0.05, 0) is 25.0 Å². The van der Waals surface area contributed by atoms with Gasteiger partial charge in [0.2, 0.25) is 11.8 Å². The Morgan fingerprint density at radius 3 is 2.55 bits per heavy atom. The van der Waals surface area contributed by atoms with Gasteiger partial charge in [-0.1, -0.05) is 25.1 Å². The van der Waals surface area contributed by atoms with E-state index >= 15 is 0 Å². The lowest BCUT2D eigenvalue weighted by Crippen LogP contribution is -2.45. The van der Waals surface area contributed by atoms with Crippen LogP contribution in [0.15, 0.2) is 24.3 Å². The Hall–Kier alpha value is -2.05. The molecule has 0 unspecified atom stereocenters. The molecule has 0 bridgehead atoms. The van der Waals surface area contributed by atoms with E-state index in [1.807, 2.05) is 6.92 Å². The van der Waals surface area contributed by atoms with Crippen molar-refractivity contribution in [3.05, 3.63) is 35.4 Å². The molecule has 1 aromatic rings. The third-order valence-electron chi connectivity index (χ3n) is 2.94. The molecule has 1 aromatic carbocycles. The predicted octanol–water partition coefficient (Wildman–Crippen LogP) is 2.28. The van der Waals surface area contributed by atoms with Crippen LogP contribution < -0.4 is 10.6 Å². The third-order valence-corrected chi connectivity index (χ3v) is 2.94. The van der Waals surface area contributed by atoms with Crippen molar-refractivity contribution in [2.24, 2.45) is 0 Å². The molecule has 122 valence electrons. The molecule has 7 heteroatoms. The Balaban J connectivity index is 2.60. The zero-order valence-electron chi connectivity index (χ0n) is 12.5. The van der Waals surface area contributed by atoms with Crippen LogP contribution in [0.5, 0.6) is 0 Å². The first-order valence-corrected chi connectivity index (χ1v) is 6.97. The maximum atomic E-state index is 12.6. The molecule has 1 rings (SSSR count). The molecule has 4 nitrogen and oxygen atoms in total. The predicted molar refractivity (Wildman–Crippen MR) is 76.1 cm³/mol. The summed E-state index contributed by atoms with van der Waals surface area (Å²) in [6.45, 7) is 3.93.